The smallest absolute Gasteiger partial charge is 0.303 e. The molecule has 1 aliphatic heterocycles. The molecule has 0 aromatic rings. The molecule has 1 N–H and O–H groups in total. The van der Waals surface area contributed by atoms with Crippen molar-refractivity contribution in [2.45, 2.75) is 103 Å². The van der Waals surface area contributed by atoms with Crippen LogP contribution in [0, 0.1) is 0 Å². The third-order valence-electron chi connectivity index (χ3n) is 5.68. The van der Waals surface area contributed by atoms with Crippen LogP contribution in [-0.2, 0) is 19.1 Å². The summed E-state index contributed by atoms with van der Waals surface area (Å²) in [5.74, 6) is -0.395. The lowest BCUT2D eigenvalue weighted by Crippen LogP contribution is -2.38. The second-order valence-corrected chi connectivity index (χ2v) is 9.22. The lowest BCUT2D eigenvalue weighted by atomic mass is 9.84. The predicted molar refractivity (Wildman–Crippen MR) is 113 cm³/mol. The largest absolute Gasteiger partial charge is 0.455 e. The highest BCUT2D eigenvalue weighted by molar-refractivity contribution is 6.02. The molecule has 0 bridgehead atoms. The van der Waals surface area contributed by atoms with E-state index in [0.29, 0.717) is 6.42 Å². The zero-order chi connectivity index (χ0) is 21.8. The Bertz CT molecular complexity index is 722. The number of ether oxygens (including phenoxy) is 2. The number of carbonyl (C=O) groups excluding carboxylic acids is 2. The molecule has 0 saturated carbocycles. The highest BCUT2D eigenvalue weighted by Gasteiger charge is 2.67. The van der Waals surface area contributed by atoms with Crippen LogP contribution in [-0.4, -0.2) is 40.3 Å². The maximum Gasteiger partial charge on any atom is 0.303 e. The summed E-state index contributed by atoms with van der Waals surface area (Å²) >= 11 is 0. The highest BCUT2D eigenvalue weighted by Crippen LogP contribution is 2.49. The van der Waals surface area contributed by atoms with Crippen molar-refractivity contribution in [3.05, 3.63) is 34.9 Å². The van der Waals surface area contributed by atoms with E-state index < -0.39 is 17.3 Å². The van der Waals surface area contributed by atoms with Crippen molar-refractivity contribution in [2.24, 2.45) is 0 Å². The van der Waals surface area contributed by atoms with Crippen molar-refractivity contribution in [3.8, 4) is 0 Å². The van der Waals surface area contributed by atoms with Crippen molar-refractivity contribution in [1.82, 2.24) is 0 Å². The van der Waals surface area contributed by atoms with Gasteiger partial charge in [-0.3, -0.25) is 9.59 Å². The molecule has 1 aliphatic carbocycles. The van der Waals surface area contributed by atoms with Gasteiger partial charge >= 0.3 is 5.97 Å². The molecule has 0 unspecified atom stereocenters. The third kappa shape index (κ3) is 6.65. The van der Waals surface area contributed by atoms with Gasteiger partial charge in [-0.1, -0.05) is 23.3 Å². The Morgan fingerprint density at radius 3 is 2.52 bits per heavy atom. The van der Waals surface area contributed by atoms with Crippen LogP contribution in [0.4, 0.5) is 0 Å². The van der Waals surface area contributed by atoms with Gasteiger partial charge in [0.1, 0.15) is 6.10 Å². The van der Waals surface area contributed by atoms with E-state index in [1.165, 1.54) is 18.1 Å². The molecule has 0 radical (unpaired) electrons. The molecule has 0 amide bonds. The fraction of sp³-hybridized carbons (Fsp3) is 0.667. The molecular formula is C24H36O5. The summed E-state index contributed by atoms with van der Waals surface area (Å²) in [6.07, 6.45) is 10.2. The van der Waals surface area contributed by atoms with Crippen LogP contribution < -0.4 is 0 Å². The summed E-state index contributed by atoms with van der Waals surface area (Å²) in [5.41, 5.74) is 1.86. The summed E-state index contributed by atoms with van der Waals surface area (Å²) < 4.78 is 11.1. The zero-order valence-electron chi connectivity index (χ0n) is 18.7. The summed E-state index contributed by atoms with van der Waals surface area (Å²) in [4.78, 5) is 23.8. The van der Waals surface area contributed by atoms with Crippen molar-refractivity contribution in [2.75, 3.05) is 0 Å². The average molecular weight is 405 g/mol. The molecule has 3 atom stereocenters. The van der Waals surface area contributed by atoms with Crippen molar-refractivity contribution in [1.29, 1.82) is 0 Å². The Morgan fingerprint density at radius 1 is 1.24 bits per heavy atom. The molecule has 162 valence electrons. The minimum absolute atomic E-state index is 0.0324. The van der Waals surface area contributed by atoms with E-state index in [1.807, 2.05) is 13.8 Å². The Morgan fingerprint density at radius 2 is 1.90 bits per heavy atom. The first-order valence-electron chi connectivity index (χ1n) is 10.6. The lowest BCUT2D eigenvalue weighted by molar-refractivity contribution is -0.145. The number of hydrogen-bond donors (Lipinski definition) is 1. The molecule has 29 heavy (non-hydrogen) atoms. The van der Waals surface area contributed by atoms with E-state index in [0.717, 1.165) is 37.7 Å². The molecule has 0 aromatic heterocycles. The Balaban J connectivity index is 1.83. The minimum atomic E-state index is -0.857. The number of epoxide rings is 1. The van der Waals surface area contributed by atoms with Gasteiger partial charge in [0.15, 0.2) is 17.5 Å². The van der Waals surface area contributed by atoms with E-state index in [-0.39, 0.29) is 17.9 Å². The fourth-order valence-electron chi connectivity index (χ4n) is 3.82. The topological polar surface area (TPSA) is 76.1 Å². The molecule has 0 spiro atoms. The normalized spacial score (nSPS) is 27.4. The van der Waals surface area contributed by atoms with Crippen LogP contribution in [0.5, 0.6) is 0 Å². The van der Waals surface area contributed by atoms with Gasteiger partial charge in [0, 0.05) is 13.3 Å². The number of esters is 1. The first-order valence-corrected chi connectivity index (χ1v) is 10.6. The zero-order valence-corrected chi connectivity index (χ0v) is 18.7. The van der Waals surface area contributed by atoms with Gasteiger partial charge in [0.05, 0.1) is 5.60 Å². The summed E-state index contributed by atoms with van der Waals surface area (Å²) in [6, 6.07) is 0. The second kappa shape index (κ2) is 9.40. The van der Waals surface area contributed by atoms with Crippen LogP contribution in [0.1, 0.15) is 80.1 Å². The molecule has 1 heterocycles. The minimum Gasteiger partial charge on any atom is -0.455 e. The quantitative estimate of drug-likeness (QED) is 0.327. The van der Waals surface area contributed by atoms with Gasteiger partial charge in [-0.25, -0.2) is 0 Å². The number of fused-ring (bicyclic) bond motifs is 1. The number of aliphatic hydroxyl groups is 1. The van der Waals surface area contributed by atoms with E-state index in [9.17, 15) is 14.7 Å². The molecule has 5 nitrogen and oxygen atoms in total. The van der Waals surface area contributed by atoms with Gasteiger partial charge in [0.25, 0.3) is 0 Å². The number of hydrogen-bond acceptors (Lipinski definition) is 5. The van der Waals surface area contributed by atoms with Crippen LogP contribution in [0.3, 0.4) is 0 Å². The van der Waals surface area contributed by atoms with Crippen LogP contribution in [0.15, 0.2) is 34.9 Å². The van der Waals surface area contributed by atoms with Crippen LogP contribution in [0.25, 0.3) is 0 Å². The van der Waals surface area contributed by atoms with Crippen molar-refractivity contribution < 1.29 is 24.2 Å². The summed E-state index contributed by atoms with van der Waals surface area (Å²) in [6.45, 7) is 11.1. The van der Waals surface area contributed by atoms with Crippen molar-refractivity contribution >= 4 is 11.8 Å². The SMILES string of the molecule is CC(=O)O[C@@H]1C(C)=CC(=O)[C@]2(CC=C(C)CCC=C(C)CCCC(C)(C)O)O[C@H]12. The standard InChI is InChI=1S/C24H36O5/c1-16(11-8-13-23(5,6)27)9-7-10-17(2)12-14-24-20(26)15-18(3)21(22(24)29-24)28-19(4)25/h9,12,15,21-22,27H,7-8,10-11,13-14H2,1-6H3/t21-,22-,24+/m1/s1. The Hall–Kier alpha value is -1.72. The van der Waals surface area contributed by atoms with Crippen LogP contribution in [0.2, 0.25) is 0 Å². The van der Waals surface area contributed by atoms with Gasteiger partial charge in [-0.05, 0) is 78.4 Å². The first-order chi connectivity index (χ1) is 13.4. The maximum absolute atomic E-state index is 12.5. The van der Waals surface area contributed by atoms with Crippen molar-refractivity contribution in [3.63, 3.8) is 0 Å². The number of carbonyl (C=O) groups is 2. The van der Waals surface area contributed by atoms with Gasteiger partial charge < -0.3 is 14.6 Å². The predicted octanol–water partition coefficient (Wildman–Crippen LogP) is 4.59. The average Bonchev–Trinajstić information content (AvgIpc) is 3.32. The molecule has 1 saturated heterocycles. The van der Waals surface area contributed by atoms with Crippen LogP contribution >= 0.6 is 0 Å². The van der Waals surface area contributed by atoms with Gasteiger partial charge in [0.2, 0.25) is 0 Å². The molecule has 2 rings (SSSR count). The highest BCUT2D eigenvalue weighted by atomic mass is 16.7. The van der Waals surface area contributed by atoms with E-state index in [2.05, 4.69) is 26.0 Å². The summed E-state index contributed by atoms with van der Waals surface area (Å²) in [7, 11) is 0. The fourth-order valence-corrected chi connectivity index (χ4v) is 3.82. The summed E-state index contributed by atoms with van der Waals surface area (Å²) in [5, 5.41) is 9.77. The molecule has 0 aromatic carbocycles. The second-order valence-electron chi connectivity index (χ2n) is 9.22. The van der Waals surface area contributed by atoms with Gasteiger partial charge in [-0.15, -0.1) is 0 Å². The molecule has 1 fully saturated rings. The number of allylic oxidation sites excluding steroid dienone is 3. The van der Waals surface area contributed by atoms with E-state index in [4.69, 9.17) is 9.47 Å². The third-order valence-corrected chi connectivity index (χ3v) is 5.68. The molecular weight excluding hydrogens is 368 g/mol. The lowest BCUT2D eigenvalue weighted by Gasteiger charge is -2.22. The van der Waals surface area contributed by atoms with Gasteiger partial charge in [-0.2, -0.15) is 0 Å². The first kappa shape index (κ1) is 23.6. The number of rotatable bonds is 10. The Labute approximate surface area is 174 Å². The Kier molecular flexibility index (Phi) is 7.63. The maximum atomic E-state index is 12.5. The monoisotopic (exact) mass is 404 g/mol. The van der Waals surface area contributed by atoms with E-state index >= 15 is 0 Å². The van der Waals surface area contributed by atoms with E-state index in [1.54, 1.807) is 13.0 Å². The molecule has 2 aliphatic rings. The molecule has 5 heteroatoms. The number of ketones is 1.